The topological polar surface area (TPSA) is 36.9 Å². The Morgan fingerprint density at radius 1 is 0.167 bits per heavy atom. The molecule has 0 N–H and O–H groups in total. The lowest BCUT2D eigenvalue weighted by molar-refractivity contribution is 0.570. The summed E-state index contributed by atoms with van der Waals surface area (Å²) >= 11 is 32.0. The van der Waals surface area contributed by atoms with Crippen molar-refractivity contribution in [3.05, 3.63) is 513 Å². The van der Waals surface area contributed by atoms with Gasteiger partial charge in [0.05, 0.1) is 20.1 Å². The minimum atomic E-state index is -3.36. The van der Waals surface area contributed by atoms with Crippen LogP contribution >= 0.6 is 46.4 Å². The molecule has 0 atom stereocenters. The van der Waals surface area contributed by atoms with Crippen molar-refractivity contribution in [2.24, 2.45) is 0 Å². The van der Waals surface area contributed by atoms with Crippen LogP contribution in [0.5, 0.6) is 23.0 Å². The predicted molar refractivity (Wildman–Crippen MR) is 512 cm³/mol. The van der Waals surface area contributed by atoms with Crippen molar-refractivity contribution in [1.29, 1.82) is 0 Å². The Bertz CT molecular complexity index is 5120. The van der Waals surface area contributed by atoms with Gasteiger partial charge in [0.2, 0.25) is 0 Å². The van der Waals surface area contributed by atoms with E-state index >= 15 is 0 Å². The summed E-state index contributed by atoms with van der Waals surface area (Å²) < 4.78 is 31.5. The van der Waals surface area contributed by atoms with Gasteiger partial charge >= 0.3 is 33.3 Å². The molecule has 12 heteroatoms. The van der Waals surface area contributed by atoms with Gasteiger partial charge in [-0.25, -0.2) is 0 Å². The average molecular weight is 1700 g/mol. The molecule has 0 radical (unpaired) electrons. The summed E-state index contributed by atoms with van der Waals surface area (Å²) in [5.41, 5.74) is 9.20. The number of hydrogen-bond acceptors (Lipinski definition) is 4. The van der Waals surface area contributed by atoms with Crippen LogP contribution in [0.25, 0.3) is 0 Å². The molecule has 0 unspecified atom stereocenters. The van der Waals surface area contributed by atoms with Crippen molar-refractivity contribution in [2.45, 2.75) is 39.5 Å². The second kappa shape index (κ2) is 35.5. The van der Waals surface area contributed by atoms with Gasteiger partial charge in [-0.1, -0.05) is 459 Å². The molecule has 0 saturated heterocycles. The molecule has 120 heavy (non-hydrogen) atoms. The zero-order chi connectivity index (χ0) is 82.2. The molecule has 0 spiro atoms. The molecule has 0 saturated carbocycles. The molecule has 0 aliphatic rings. The van der Waals surface area contributed by atoms with Crippen LogP contribution < -0.4 is 79.9 Å². The first kappa shape index (κ1) is 80.4. The monoisotopic (exact) mass is 1700 g/mol. The van der Waals surface area contributed by atoms with Gasteiger partial charge in [-0.3, -0.25) is 0 Å². The van der Waals surface area contributed by atoms with Crippen molar-refractivity contribution in [1.82, 2.24) is 0 Å². The highest BCUT2D eigenvalue weighted by molar-refractivity contribution is 7.09. The van der Waals surface area contributed by atoms with Gasteiger partial charge in [-0.2, -0.15) is 0 Å². The molecule has 0 heterocycles. The van der Waals surface area contributed by atoms with E-state index in [1.165, 1.54) is 0 Å². The molecule has 17 rings (SSSR count). The van der Waals surface area contributed by atoms with Crippen LogP contribution in [-0.4, -0.2) is 33.3 Å². The smallest absolute Gasteiger partial charge is 0.347 e. The van der Waals surface area contributed by atoms with Gasteiger partial charge in [0.25, 0.3) is 0 Å². The Hall–Kier alpha value is -12.0. The van der Waals surface area contributed by atoms with Crippen LogP contribution in [0.15, 0.2) is 437 Å². The highest BCUT2D eigenvalue weighted by Gasteiger charge is 2.49. The van der Waals surface area contributed by atoms with Crippen molar-refractivity contribution in [3.8, 4) is 23.0 Å². The molecule has 0 fully saturated rings. The van der Waals surface area contributed by atoms with E-state index in [9.17, 15) is 0 Å². The summed E-state index contributed by atoms with van der Waals surface area (Å²) in [6, 6.07) is 154. The maximum Gasteiger partial charge on any atom is 0.347 e. The number of rotatable bonds is 26. The zero-order valence-corrected chi connectivity index (χ0v) is 73.9. The lowest BCUT2D eigenvalue weighted by Gasteiger charge is -2.35. The standard InChI is InChI=1S/C108H86Cl4O4Si4/c1-77-69-83(73-99(109)105(77)113-117(87-41-17-5-18-42-87,88-43-19-6-20-44-88)89-45-21-7-22-46-89)103(84-70-78(2)106(100(110)74-84)114-118(90-47-23-8-24-48-90,91-49-25-9-26-50-91)92-51-27-10-28-52-92)81-65-67-82(68-66-81)104(85-71-79(3)107(101(111)75-85)115-119(93-53-29-11-30-54-93,94-55-31-12-32-56-94)95-57-33-13-34-58-95)86-72-80(4)108(102(112)76-86)116-120(96-59-35-14-36-60-96,97-61-37-15-38-62-97)98-63-39-16-40-64-98/h5-76,103-104H,1-4H3. The van der Waals surface area contributed by atoms with Crippen molar-refractivity contribution in [2.75, 3.05) is 0 Å². The third-order valence-electron chi connectivity index (χ3n) is 23.1. The van der Waals surface area contributed by atoms with Crippen LogP contribution in [0.3, 0.4) is 0 Å². The molecule has 0 aliphatic heterocycles. The SMILES string of the molecule is Cc1cc(C(c2ccc(C(c3cc(C)c(O[Si](c4ccccc4)(c4ccccc4)c4ccccc4)c(Cl)c3)c3cc(C)c(O[Si](c4ccccc4)(c4ccccc4)c4ccccc4)c(Cl)c3)cc2)c2cc(C)c(O[Si](c3ccccc3)(c3ccccc3)c3ccccc3)c(Cl)c2)cc(Cl)c1O[Si](c1ccccc1)(c1ccccc1)c1ccccc1. The molecule has 17 aromatic carbocycles. The molecular weight excluding hydrogens is 1620 g/mol. The number of aryl methyl sites for hydroxylation is 4. The van der Waals surface area contributed by atoms with Gasteiger partial charge in [0, 0.05) is 11.8 Å². The molecule has 0 amide bonds. The molecule has 17 aromatic rings. The summed E-state index contributed by atoms with van der Waals surface area (Å²) in [5.74, 6) is 1.53. The van der Waals surface area contributed by atoms with E-state index in [-0.39, 0.29) is 0 Å². The first-order chi connectivity index (χ1) is 58.8. The second-order valence-corrected chi connectivity index (χ2v) is 45.5. The minimum Gasteiger partial charge on any atom is -0.529 e. The number of benzene rings is 17. The Morgan fingerprint density at radius 2 is 0.292 bits per heavy atom. The predicted octanol–water partition coefficient (Wildman–Crippen LogP) is 20.1. The van der Waals surface area contributed by atoms with E-state index < -0.39 is 45.1 Å². The van der Waals surface area contributed by atoms with Gasteiger partial charge in [0.1, 0.15) is 23.0 Å². The van der Waals surface area contributed by atoms with Crippen LogP contribution in [-0.2, 0) is 0 Å². The fourth-order valence-corrected chi connectivity index (χ4v) is 34.8. The van der Waals surface area contributed by atoms with Crippen molar-refractivity contribution < 1.29 is 17.7 Å². The van der Waals surface area contributed by atoms with Gasteiger partial charge < -0.3 is 17.7 Å². The third-order valence-corrected chi connectivity index (χ3v) is 40.0. The average Bonchev–Trinajstić information content (AvgIpc) is 0.751. The van der Waals surface area contributed by atoms with Gasteiger partial charge in [-0.15, -0.1) is 0 Å². The fourth-order valence-electron chi connectivity index (χ4n) is 17.6. The molecule has 4 nitrogen and oxygen atoms in total. The van der Waals surface area contributed by atoms with E-state index in [1.807, 2.05) is 0 Å². The van der Waals surface area contributed by atoms with Crippen LogP contribution in [0.1, 0.15) is 67.5 Å². The lowest BCUT2D eigenvalue weighted by atomic mass is 9.80. The lowest BCUT2D eigenvalue weighted by Crippen LogP contribution is -2.71. The van der Waals surface area contributed by atoms with Gasteiger partial charge in [-0.05, 0) is 170 Å². The largest absolute Gasteiger partial charge is 0.529 e. The highest BCUT2D eigenvalue weighted by Crippen LogP contribution is 2.46. The fraction of sp³-hybridized carbons (Fsp3) is 0.0556. The summed E-state index contributed by atoms with van der Waals surface area (Å²) in [7, 11) is -13.4. The van der Waals surface area contributed by atoms with Crippen LogP contribution in [0, 0.1) is 27.7 Å². The van der Waals surface area contributed by atoms with E-state index in [2.05, 4.69) is 464 Å². The zero-order valence-electron chi connectivity index (χ0n) is 66.9. The van der Waals surface area contributed by atoms with Crippen LogP contribution in [0.2, 0.25) is 20.1 Å². The quantitative estimate of drug-likeness (QED) is 0.0400. The third kappa shape index (κ3) is 15.6. The van der Waals surface area contributed by atoms with E-state index in [1.54, 1.807) is 0 Å². The first-order valence-electron chi connectivity index (χ1n) is 40.5. The highest BCUT2D eigenvalue weighted by atomic mass is 35.5. The summed E-state index contributed by atoms with van der Waals surface area (Å²) in [6.45, 7) is 8.44. The van der Waals surface area contributed by atoms with E-state index in [4.69, 9.17) is 64.1 Å². The van der Waals surface area contributed by atoms with Crippen molar-refractivity contribution in [3.63, 3.8) is 0 Å². The summed E-state index contributed by atoms with van der Waals surface area (Å²) in [6.07, 6.45) is 0. The minimum absolute atomic E-state index is 0.459. The molecule has 0 aliphatic carbocycles. The number of halogens is 4. The normalized spacial score (nSPS) is 11.8. The molecular formula is C108H86Cl4O4Si4. The molecule has 0 bridgehead atoms. The second-order valence-electron chi connectivity index (χ2n) is 30.7. The Balaban J connectivity index is 0.847. The van der Waals surface area contributed by atoms with Crippen LogP contribution in [0.4, 0.5) is 0 Å². The Labute approximate surface area is 728 Å². The maximum atomic E-state index is 8.01. The van der Waals surface area contributed by atoms with E-state index in [0.717, 1.165) is 118 Å². The van der Waals surface area contributed by atoms with E-state index in [0.29, 0.717) is 43.1 Å². The van der Waals surface area contributed by atoms with Crippen molar-refractivity contribution >= 4 is 142 Å². The van der Waals surface area contributed by atoms with Gasteiger partial charge in [0.15, 0.2) is 0 Å². The summed E-state index contributed by atoms with van der Waals surface area (Å²) in [4.78, 5) is 0. The number of hydrogen-bond donors (Lipinski definition) is 0. The molecule has 586 valence electrons. The first-order valence-corrected chi connectivity index (χ1v) is 49.6. The summed E-state index contributed by atoms with van der Waals surface area (Å²) in [5, 5.41) is 14.9. The Morgan fingerprint density at radius 3 is 0.408 bits per heavy atom. The molecule has 0 aromatic heterocycles. The maximum absolute atomic E-state index is 8.01. The Kier molecular flexibility index (Phi) is 23.8.